The first-order valence-electron chi connectivity index (χ1n) is 3.78. The van der Waals surface area contributed by atoms with Gasteiger partial charge in [0, 0.05) is 5.92 Å². The van der Waals surface area contributed by atoms with Crippen molar-refractivity contribution in [1.29, 1.82) is 0 Å². The van der Waals surface area contributed by atoms with E-state index in [4.69, 9.17) is 0 Å². The van der Waals surface area contributed by atoms with E-state index >= 15 is 0 Å². The van der Waals surface area contributed by atoms with Crippen molar-refractivity contribution in [3.05, 3.63) is 23.3 Å². The molecule has 0 aromatic heterocycles. The Hall–Kier alpha value is -0.730. The van der Waals surface area contributed by atoms with Crippen molar-refractivity contribution in [2.75, 3.05) is 0 Å². The van der Waals surface area contributed by atoms with E-state index in [1.807, 2.05) is 13.8 Å². The van der Waals surface area contributed by atoms with Crippen LogP contribution in [0.15, 0.2) is 23.3 Å². The zero-order valence-corrected chi connectivity index (χ0v) is 7.13. The average Bonchev–Trinajstić information content (AvgIpc) is 2.36. The minimum Gasteiger partial charge on any atom is -0.171 e. The van der Waals surface area contributed by atoms with Gasteiger partial charge in [-0.15, -0.1) is 0 Å². The number of hydrogen-bond acceptors (Lipinski definition) is 0. The molecule has 0 spiro atoms. The largest absolute Gasteiger partial charge is 0.393 e. The Morgan fingerprint density at radius 2 is 1.92 bits per heavy atom. The molecule has 0 heterocycles. The summed E-state index contributed by atoms with van der Waals surface area (Å²) in [6.07, 6.45) is -4.99. The van der Waals surface area contributed by atoms with Gasteiger partial charge in [0.1, 0.15) is 0 Å². The van der Waals surface area contributed by atoms with Crippen LogP contribution in [0.1, 0.15) is 20.3 Å². The Balaban J connectivity index is 2.53. The minimum absolute atomic E-state index is 0.222. The molecule has 0 N–H and O–H groups in total. The second-order valence-corrected chi connectivity index (χ2v) is 3.21. The lowest BCUT2D eigenvalue weighted by Gasteiger charge is -2.06. The van der Waals surface area contributed by atoms with Gasteiger partial charge in [-0.25, -0.2) is 0 Å². The highest BCUT2D eigenvalue weighted by molar-refractivity contribution is 5.51. The highest BCUT2D eigenvalue weighted by Crippen LogP contribution is 2.45. The summed E-state index contributed by atoms with van der Waals surface area (Å²) in [5.74, 6) is 0.222. The minimum atomic E-state index is -4.12. The van der Waals surface area contributed by atoms with E-state index in [2.05, 4.69) is 6.58 Å². The predicted molar refractivity (Wildman–Crippen MR) is 41.7 cm³/mol. The average molecular weight is 176 g/mol. The van der Waals surface area contributed by atoms with E-state index < -0.39 is 12.6 Å². The van der Waals surface area contributed by atoms with Crippen molar-refractivity contribution in [3.63, 3.8) is 0 Å². The number of rotatable bonds is 2. The maximum absolute atomic E-state index is 11.9. The van der Waals surface area contributed by atoms with Crippen LogP contribution in [0.2, 0.25) is 0 Å². The molecular formula is C9H11F3. The Morgan fingerprint density at radius 3 is 2.17 bits per heavy atom. The topological polar surface area (TPSA) is 0 Å². The third-order valence-corrected chi connectivity index (χ3v) is 2.22. The van der Waals surface area contributed by atoms with Gasteiger partial charge < -0.3 is 0 Å². The summed E-state index contributed by atoms with van der Waals surface area (Å²) >= 11 is 0. The summed E-state index contributed by atoms with van der Waals surface area (Å²) in [5, 5.41) is 0. The van der Waals surface area contributed by atoms with Gasteiger partial charge in [-0.3, -0.25) is 0 Å². The van der Waals surface area contributed by atoms with Crippen molar-refractivity contribution in [1.82, 2.24) is 0 Å². The van der Waals surface area contributed by atoms with Crippen LogP contribution in [0.25, 0.3) is 0 Å². The fourth-order valence-corrected chi connectivity index (χ4v) is 1.40. The lowest BCUT2D eigenvalue weighted by Crippen LogP contribution is -2.07. The van der Waals surface area contributed by atoms with Crippen LogP contribution in [0, 0.1) is 5.92 Å². The zero-order chi connectivity index (χ0) is 9.52. The molecule has 3 heteroatoms. The van der Waals surface area contributed by atoms with Gasteiger partial charge in [-0.05, 0) is 18.1 Å². The summed E-state index contributed by atoms with van der Waals surface area (Å²) in [7, 11) is 0. The molecule has 0 nitrogen and oxygen atoms in total. The van der Waals surface area contributed by atoms with Gasteiger partial charge in [0.25, 0.3) is 0 Å². The first kappa shape index (κ1) is 9.36. The Labute approximate surface area is 69.8 Å². The molecule has 0 aromatic rings. The molecule has 0 fully saturated rings. The smallest absolute Gasteiger partial charge is 0.171 e. The quantitative estimate of drug-likeness (QED) is 0.604. The van der Waals surface area contributed by atoms with E-state index in [0.29, 0.717) is 0 Å². The lowest BCUT2D eigenvalue weighted by molar-refractivity contribution is -0.126. The SMILES string of the molecule is C=C(CC(F)(F)F)C1=C(C)[C@@H]1C. The molecule has 1 aliphatic rings. The number of alkyl halides is 3. The second kappa shape index (κ2) is 2.64. The fourth-order valence-electron chi connectivity index (χ4n) is 1.40. The molecule has 0 radical (unpaired) electrons. The van der Waals surface area contributed by atoms with Gasteiger partial charge in [-0.1, -0.05) is 19.1 Å². The monoisotopic (exact) mass is 176 g/mol. The Morgan fingerprint density at radius 1 is 1.50 bits per heavy atom. The van der Waals surface area contributed by atoms with Crippen LogP contribution < -0.4 is 0 Å². The molecule has 12 heavy (non-hydrogen) atoms. The first-order chi connectivity index (χ1) is 5.33. The molecule has 68 valence electrons. The predicted octanol–water partition coefficient (Wildman–Crippen LogP) is 3.46. The third-order valence-electron chi connectivity index (χ3n) is 2.22. The van der Waals surface area contributed by atoms with Crippen LogP contribution in [-0.4, -0.2) is 6.18 Å². The van der Waals surface area contributed by atoms with Crippen LogP contribution in [0.4, 0.5) is 13.2 Å². The highest BCUT2D eigenvalue weighted by Gasteiger charge is 2.36. The van der Waals surface area contributed by atoms with E-state index in [0.717, 1.165) is 11.1 Å². The van der Waals surface area contributed by atoms with Crippen LogP contribution in [-0.2, 0) is 0 Å². The molecule has 0 amide bonds. The molecule has 0 unspecified atom stereocenters. The molecule has 1 rings (SSSR count). The van der Waals surface area contributed by atoms with Crippen LogP contribution in [0.3, 0.4) is 0 Å². The summed E-state index contributed by atoms with van der Waals surface area (Å²) in [4.78, 5) is 0. The van der Waals surface area contributed by atoms with Crippen molar-refractivity contribution in [2.45, 2.75) is 26.4 Å². The number of allylic oxidation sites excluding steroid dienone is 3. The standard InChI is InChI=1S/C9H11F3/c1-5(4-9(10,11)12)8-6(2)7(8)3/h6H,1,4H2,2-3H3/t6-/m0/s1. The van der Waals surface area contributed by atoms with Crippen molar-refractivity contribution in [2.24, 2.45) is 5.92 Å². The molecule has 0 bridgehead atoms. The van der Waals surface area contributed by atoms with Crippen LogP contribution >= 0.6 is 0 Å². The maximum Gasteiger partial charge on any atom is 0.393 e. The van der Waals surface area contributed by atoms with E-state index in [1.54, 1.807) is 0 Å². The Bertz CT molecular complexity index is 245. The lowest BCUT2D eigenvalue weighted by atomic mass is 10.1. The summed E-state index contributed by atoms with van der Waals surface area (Å²) in [5.41, 5.74) is 2.09. The first-order valence-corrected chi connectivity index (χ1v) is 3.78. The van der Waals surface area contributed by atoms with E-state index in [1.165, 1.54) is 0 Å². The molecule has 0 aliphatic heterocycles. The maximum atomic E-state index is 11.9. The van der Waals surface area contributed by atoms with E-state index in [-0.39, 0.29) is 11.5 Å². The van der Waals surface area contributed by atoms with Crippen molar-refractivity contribution < 1.29 is 13.2 Å². The second-order valence-electron chi connectivity index (χ2n) is 3.21. The van der Waals surface area contributed by atoms with Crippen molar-refractivity contribution in [3.8, 4) is 0 Å². The van der Waals surface area contributed by atoms with Crippen LogP contribution in [0.5, 0.6) is 0 Å². The normalized spacial score (nSPS) is 22.9. The third kappa shape index (κ3) is 1.90. The molecule has 0 saturated heterocycles. The van der Waals surface area contributed by atoms with Gasteiger partial charge in [0.05, 0.1) is 6.42 Å². The number of halogens is 3. The fraction of sp³-hybridized carbons (Fsp3) is 0.556. The zero-order valence-electron chi connectivity index (χ0n) is 7.13. The highest BCUT2D eigenvalue weighted by atomic mass is 19.4. The van der Waals surface area contributed by atoms with Crippen molar-refractivity contribution >= 4 is 0 Å². The number of hydrogen-bond donors (Lipinski definition) is 0. The van der Waals surface area contributed by atoms with Gasteiger partial charge >= 0.3 is 6.18 Å². The summed E-state index contributed by atoms with van der Waals surface area (Å²) in [6, 6.07) is 0. The summed E-state index contributed by atoms with van der Waals surface area (Å²) < 4.78 is 35.6. The molecule has 0 aromatic carbocycles. The molecular weight excluding hydrogens is 165 g/mol. The van der Waals surface area contributed by atoms with Gasteiger partial charge in [-0.2, -0.15) is 13.2 Å². The van der Waals surface area contributed by atoms with Gasteiger partial charge in [0.15, 0.2) is 0 Å². The summed E-state index contributed by atoms with van der Waals surface area (Å²) in [6.45, 7) is 7.17. The van der Waals surface area contributed by atoms with Gasteiger partial charge in [0.2, 0.25) is 0 Å². The van der Waals surface area contributed by atoms with E-state index in [9.17, 15) is 13.2 Å². The molecule has 0 saturated carbocycles. The Kier molecular flexibility index (Phi) is 2.06. The molecule has 1 aliphatic carbocycles. The molecule has 1 atom stereocenters.